The lowest BCUT2D eigenvalue weighted by atomic mass is 10.0. The first kappa shape index (κ1) is 18.3. The van der Waals surface area contributed by atoms with E-state index in [0.717, 1.165) is 12.1 Å². The van der Waals surface area contributed by atoms with Gasteiger partial charge in [0.15, 0.2) is 0 Å². The summed E-state index contributed by atoms with van der Waals surface area (Å²) in [5, 5.41) is 2.57. The van der Waals surface area contributed by atoms with E-state index in [4.69, 9.17) is 9.47 Å². The minimum Gasteiger partial charge on any atom is -0.379 e. The van der Waals surface area contributed by atoms with Crippen molar-refractivity contribution in [1.29, 1.82) is 0 Å². The van der Waals surface area contributed by atoms with Crippen LogP contribution in [0.1, 0.15) is 16.8 Å². The largest absolute Gasteiger partial charge is 0.379 e. The van der Waals surface area contributed by atoms with Crippen molar-refractivity contribution >= 4 is 11.8 Å². The van der Waals surface area contributed by atoms with E-state index in [1.54, 1.807) is 14.1 Å². The van der Waals surface area contributed by atoms with Crippen LogP contribution in [0, 0.1) is 11.6 Å². The van der Waals surface area contributed by atoms with Gasteiger partial charge in [0.2, 0.25) is 5.91 Å². The molecule has 132 valence electrons. The number of amides is 2. The minimum absolute atomic E-state index is 0.165. The fourth-order valence-electron chi connectivity index (χ4n) is 2.30. The molecule has 0 radical (unpaired) electrons. The van der Waals surface area contributed by atoms with E-state index in [1.165, 1.54) is 11.0 Å². The lowest BCUT2D eigenvalue weighted by molar-refractivity contribution is -0.140. The Hall–Kier alpha value is -2.06. The first-order valence-corrected chi connectivity index (χ1v) is 7.54. The van der Waals surface area contributed by atoms with Gasteiger partial charge in [0.05, 0.1) is 12.6 Å². The van der Waals surface area contributed by atoms with Crippen molar-refractivity contribution in [2.24, 2.45) is 0 Å². The number of nitrogens with one attached hydrogen (secondary N) is 1. The number of halogens is 2. The average Bonchev–Trinajstić information content (AvgIpc) is 2.53. The molecular weight excluding hydrogens is 322 g/mol. The number of ether oxygens (including phenoxy) is 2. The summed E-state index contributed by atoms with van der Waals surface area (Å²) in [7, 11) is 3.20. The van der Waals surface area contributed by atoms with E-state index in [1.807, 2.05) is 0 Å². The van der Waals surface area contributed by atoms with Crippen molar-refractivity contribution in [3.63, 3.8) is 0 Å². The molecule has 2 atom stereocenters. The summed E-state index contributed by atoms with van der Waals surface area (Å²) < 4.78 is 38.2. The predicted octanol–water partition coefficient (Wildman–Crippen LogP) is 0.957. The molecule has 1 N–H and O–H groups in total. The molecule has 0 saturated carbocycles. The van der Waals surface area contributed by atoms with Crippen molar-refractivity contribution in [2.45, 2.75) is 18.6 Å². The van der Waals surface area contributed by atoms with Crippen LogP contribution in [0.4, 0.5) is 8.78 Å². The maximum atomic E-state index is 13.7. The van der Waals surface area contributed by atoms with Crippen LogP contribution < -0.4 is 5.32 Å². The maximum Gasteiger partial charge on any atom is 0.257 e. The highest BCUT2D eigenvalue weighted by molar-refractivity contribution is 5.95. The lowest BCUT2D eigenvalue weighted by Gasteiger charge is -2.32. The van der Waals surface area contributed by atoms with E-state index < -0.39 is 35.3 Å². The van der Waals surface area contributed by atoms with Gasteiger partial charge in [0.1, 0.15) is 29.9 Å². The standard InChI is InChI=1S/C16H20F2N2O4/c1-20(2)14(21)9-24-13-8-23-7-6-12(13)19-16(22)15-10(17)4-3-5-11(15)18/h3-5,12-13H,6-9H2,1-2H3,(H,19,22)/t12-,13-/m1/s1. The van der Waals surface area contributed by atoms with Gasteiger partial charge in [-0.3, -0.25) is 9.59 Å². The van der Waals surface area contributed by atoms with Gasteiger partial charge in [-0.2, -0.15) is 0 Å². The molecule has 0 aromatic heterocycles. The number of likely N-dealkylation sites (N-methyl/N-ethyl adjacent to an activating group) is 1. The van der Waals surface area contributed by atoms with Crippen molar-refractivity contribution in [1.82, 2.24) is 10.2 Å². The van der Waals surface area contributed by atoms with E-state index in [2.05, 4.69) is 5.32 Å². The quantitative estimate of drug-likeness (QED) is 0.865. The van der Waals surface area contributed by atoms with E-state index in [9.17, 15) is 18.4 Å². The molecule has 1 aromatic rings. The van der Waals surface area contributed by atoms with Crippen LogP contribution in [-0.4, -0.2) is 62.8 Å². The van der Waals surface area contributed by atoms with Gasteiger partial charge < -0.3 is 19.7 Å². The number of hydrogen-bond donors (Lipinski definition) is 1. The lowest BCUT2D eigenvalue weighted by Crippen LogP contribution is -2.51. The first-order chi connectivity index (χ1) is 11.4. The summed E-state index contributed by atoms with van der Waals surface area (Å²) >= 11 is 0. The maximum absolute atomic E-state index is 13.7. The smallest absolute Gasteiger partial charge is 0.257 e. The second-order valence-electron chi connectivity index (χ2n) is 5.68. The third kappa shape index (κ3) is 4.48. The third-order valence-electron chi connectivity index (χ3n) is 3.73. The van der Waals surface area contributed by atoms with Crippen LogP contribution in [0.25, 0.3) is 0 Å². The van der Waals surface area contributed by atoms with Gasteiger partial charge in [0.25, 0.3) is 5.91 Å². The Morgan fingerprint density at radius 1 is 1.33 bits per heavy atom. The molecule has 0 aliphatic carbocycles. The zero-order chi connectivity index (χ0) is 17.7. The van der Waals surface area contributed by atoms with Crippen LogP contribution in [-0.2, 0) is 14.3 Å². The van der Waals surface area contributed by atoms with E-state index in [0.29, 0.717) is 13.0 Å². The second-order valence-corrected chi connectivity index (χ2v) is 5.68. The molecule has 2 amide bonds. The average molecular weight is 342 g/mol. The Morgan fingerprint density at radius 3 is 2.62 bits per heavy atom. The van der Waals surface area contributed by atoms with Crippen LogP contribution in [0.3, 0.4) is 0 Å². The van der Waals surface area contributed by atoms with Crippen molar-refractivity contribution in [3.05, 3.63) is 35.4 Å². The Bertz CT molecular complexity index is 589. The van der Waals surface area contributed by atoms with E-state index in [-0.39, 0.29) is 19.1 Å². The number of hydrogen-bond acceptors (Lipinski definition) is 4. The highest BCUT2D eigenvalue weighted by Crippen LogP contribution is 2.16. The number of rotatable bonds is 5. The summed E-state index contributed by atoms with van der Waals surface area (Å²) in [6.45, 7) is 0.402. The van der Waals surface area contributed by atoms with Crippen molar-refractivity contribution in [3.8, 4) is 0 Å². The topological polar surface area (TPSA) is 67.9 Å². The molecule has 0 unspecified atom stereocenters. The highest BCUT2D eigenvalue weighted by Gasteiger charge is 2.30. The number of nitrogens with zero attached hydrogens (tertiary/aromatic N) is 1. The molecule has 24 heavy (non-hydrogen) atoms. The molecule has 2 rings (SSSR count). The molecule has 1 aliphatic heterocycles. The predicted molar refractivity (Wildman–Crippen MR) is 81.5 cm³/mol. The van der Waals surface area contributed by atoms with E-state index >= 15 is 0 Å². The van der Waals surface area contributed by atoms with Gasteiger partial charge in [-0.25, -0.2) is 8.78 Å². The van der Waals surface area contributed by atoms with Gasteiger partial charge >= 0.3 is 0 Å². The monoisotopic (exact) mass is 342 g/mol. The molecule has 0 bridgehead atoms. The molecule has 1 heterocycles. The Balaban J connectivity index is 2.02. The van der Waals surface area contributed by atoms with Crippen molar-refractivity contribution < 1.29 is 27.8 Å². The number of carbonyl (C=O) groups is 2. The van der Waals surface area contributed by atoms with Gasteiger partial charge in [-0.05, 0) is 18.6 Å². The highest BCUT2D eigenvalue weighted by atomic mass is 19.1. The summed E-state index contributed by atoms with van der Waals surface area (Å²) in [5.41, 5.74) is -0.632. The zero-order valence-corrected chi connectivity index (χ0v) is 13.6. The number of carbonyl (C=O) groups excluding carboxylic acids is 2. The molecule has 0 spiro atoms. The van der Waals surface area contributed by atoms with Crippen LogP contribution in [0.15, 0.2) is 18.2 Å². The molecule has 8 heteroatoms. The summed E-state index contributed by atoms with van der Waals surface area (Å²) in [4.78, 5) is 25.2. The first-order valence-electron chi connectivity index (χ1n) is 7.54. The number of benzene rings is 1. The second kappa shape index (κ2) is 8.16. The normalized spacial score (nSPS) is 20.5. The van der Waals surface area contributed by atoms with Crippen LogP contribution in [0.2, 0.25) is 0 Å². The Labute approximate surface area is 138 Å². The van der Waals surface area contributed by atoms with Gasteiger partial charge in [0, 0.05) is 20.7 Å². The SMILES string of the molecule is CN(C)C(=O)CO[C@@H]1COCC[C@H]1NC(=O)c1c(F)cccc1F. The Morgan fingerprint density at radius 2 is 2.00 bits per heavy atom. The Kier molecular flexibility index (Phi) is 6.22. The molecule has 6 nitrogen and oxygen atoms in total. The molecule has 1 aliphatic rings. The summed E-state index contributed by atoms with van der Waals surface area (Å²) in [6, 6.07) is 2.73. The van der Waals surface area contributed by atoms with Crippen molar-refractivity contribution in [2.75, 3.05) is 33.9 Å². The fraction of sp³-hybridized carbons (Fsp3) is 0.500. The van der Waals surface area contributed by atoms with Crippen LogP contribution >= 0.6 is 0 Å². The van der Waals surface area contributed by atoms with Crippen LogP contribution in [0.5, 0.6) is 0 Å². The third-order valence-corrected chi connectivity index (χ3v) is 3.73. The van der Waals surface area contributed by atoms with Gasteiger partial charge in [-0.1, -0.05) is 6.07 Å². The molecule has 1 fully saturated rings. The molecule has 1 aromatic carbocycles. The summed E-state index contributed by atoms with van der Waals surface area (Å²) in [5.74, 6) is -2.95. The zero-order valence-electron chi connectivity index (χ0n) is 13.6. The molecular formula is C16H20F2N2O4. The minimum atomic E-state index is -0.931. The molecule has 1 saturated heterocycles. The fourth-order valence-corrected chi connectivity index (χ4v) is 2.30. The van der Waals surface area contributed by atoms with Gasteiger partial charge in [-0.15, -0.1) is 0 Å². The summed E-state index contributed by atoms with van der Waals surface area (Å²) in [6.07, 6.45) is -0.149.